The second-order valence-electron chi connectivity index (χ2n) is 5.02. The van der Waals surface area contributed by atoms with Crippen LogP contribution >= 0.6 is 0 Å². The Labute approximate surface area is 122 Å². The summed E-state index contributed by atoms with van der Waals surface area (Å²) in [7, 11) is 0. The molecule has 0 unspecified atom stereocenters. The predicted octanol–water partition coefficient (Wildman–Crippen LogP) is 2.98. The minimum Gasteiger partial charge on any atom is -0.267 e. The molecule has 0 bridgehead atoms. The van der Waals surface area contributed by atoms with Crippen LogP contribution in [0.25, 0.3) is 0 Å². The maximum absolute atomic E-state index is 11.9. The normalized spacial score (nSPS) is 17.9. The molecular formula is C15H17N3O3. The Hall–Kier alpha value is -2.50. The topological polar surface area (TPSA) is 84.6 Å². The second kappa shape index (κ2) is 6.78. The van der Waals surface area contributed by atoms with Crippen LogP contribution in [0.4, 0.5) is 5.69 Å². The van der Waals surface area contributed by atoms with Crippen molar-refractivity contribution in [2.24, 2.45) is 11.0 Å². The van der Waals surface area contributed by atoms with Crippen molar-refractivity contribution in [1.82, 2.24) is 5.43 Å². The summed E-state index contributed by atoms with van der Waals surface area (Å²) in [4.78, 5) is 22.2. The SMILES string of the molecule is Cc1cc(C(=O)N/N=C\[C@@H]2CC=CCC2)ccc1[N+](=O)[O-]. The van der Waals surface area contributed by atoms with Crippen LogP contribution in [0.2, 0.25) is 0 Å². The lowest BCUT2D eigenvalue weighted by Crippen LogP contribution is -2.19. The molecule has 21 heavy (non-hydrogen) atoms. The van der Waals surface area contributed by atoms with Crippen molar-refractivity contribution in [2.75, 3.05) is 0 Å². The number of nitrogens with zero attached hydrogens (tertiary/aromatic N) is 2. The number of carbonyl (C=O) groups is 1. The van der Waals surface area contributed by atoms with E-state index in [-0.39, 0.29) is 11.6 Å². The van der Waals surface area contributed by atoms with Crippen LogP contribution in [0.5, 0.6) is 0 Å². The number of hydrogen-bond acceptors (Lipinski definition) is 4. The summed E-state index contributed by atoms with van der Waals surface area (Å²) in [6.45, 7) is 1.60. The van der Waals surface area contributed by atoms with Crippen molar-refractivity contribution in [3.8, 4) is 0 Å². The Morgan fingerprint density at radius 3 is 2.90 bits per heavy atom. The molecule has 6 nitrogen and oxygen atoms in total. The van der Waals surface area contributed by atoms with E-state index in [0.29, 0.717) is 17.0 Å². The van der Waals surface area contributed by atoms with Crippen LogP contribution in [0.1, 0.15) is 35.2 Å². The summed E-state index contributed by atoms with van der Waals surface area (Å²) < 4.78 is 0. The van der Waals surface area contributed by atoms with Gasteiger partial charge in [0, 0.05) is 23.4 Å². The Balaban J connectivity index is 1.97. The van der Waals surface area contributed by atoms with Gasteiger partial charge in [0.2, 0.25) is 0 Å². The highest BCUT2D eigenvalue weighted by Gasteiger charge is 2.13. The molecule has 2 rings (SSSR count). The third-order valence-corrected chi connectivity index (χ3v) is 3.42. The molecule has 0 saturated carbocycles. The maximum atomic E-state index is 11.9. The molecule has 0 heterocycles. The lowest BCUT2D eigenvalue weighted by Gasteiger charge is -2.11. The fraction of sp³-hybridized carbons (Fsp3) is 0.333. The minimum absolute atomic E-state index is 0.00374. The largest absolute Gasteiger partial charge is 0.272 e. The summed E-state index contributed by atoms with van der Waals surface area (Å²) in [5, 5.41) is 14.7. The van der Waals surface area contributed by atoms with E-state index in [4.69, 9.17) is 0 Å². The molecule has 0 radical (unpaired) electrons. The van der Waals surface area contributed by atoms with Gasteiger partial charge in [-0.15, -0.1) is 0 Å². The molecule has 1 atom stereocenters. The maximum Gasteiger partial charge on any atom is 0.272 e. The number of nitrogens with one attached hydrogen (secondary N) is 1. The molecule has 1 aromatic rings. The van der Waals surface area contributed by atoms with Crippen molar-refractivity contribution < 1.29 is 9.72 Å². The molecule has 0 aliphatic heterocycles. The van der Waals surface area contributed by atoms with E-state index in [1.807, 2.05) is 0 Å². The van der Waals surface area contributed by atoms with E-state index < -0.39 is 4.92 Å². The minimum atomic E-state index is -0.467. The Morgan fingerprint density at radius 1 is 1.48 bits per heavy atom. The first-order chi connectivity index (χ1) is 10.1. The Bertz CT molecular complexity index is 608. The van der Waals surface area contributed by atoms with E-state index >= 15 is 0 Å². The van der Waals surface area contributed by atoms with Crippen LogP contribution in [0.3, 0.4) is 0 Å². The zero-order chi connectivity index (χ0) is 15.2. The van der Waals surface area contributed by atoms with Crippen molar-refractivity contribution in [3.63, 3.8) is 0 Å². The number of carbonyl (C=O) groups excluding carboxylic acids is 1. The molecule has 1 amide bonds. The van der Waals surface area contributed by atoms with Gasteiger partial charge in [0.25, 0.3) is 11.6 Å². The molecule has 1 N–H and O–H groups in total. The smallest absolute Gasteiger partial charge is 0.267 e. The summed E-state index contributed by atoms with van der Waals surface area (Å²) >= 11 is 0. The van der Waals surface area contributed by atoms with Gasteiger partial charge in [0.15, 0.2) is 0 Å². The van der Waals surface area contributed by atoms with Gasteiger partial charge in [-0.05, 0) is 44.2 Å². The van der Waals surface area contributed by atoms with Gasteiger partial charge in [0.05, 0.1) is 4.92 Å². The second-order valence-corrected chi connectivity index (χ2v) is 5.02. The number of rotatable bonds is 4. The fourth-order valence-electron chi connectivity index (χ4n) is 2.22. The molecule has 0 spiro atoms. The lowest BCUT2D eigenvalue weighted by atomic mass is 9.96. The first-order valence-electron chi connectivity index (χ1n) is 6.81. The van der Waals surface area contributed by atoms with Gasteiger partial charge in [-0.3, -0.25) is 14.9 Å². The quantitative estimate of drug-likeness (QED) is 0.400. The highest BCUT2D eigenvalue weighted by atomic mass is 16.6. The van der Waals surface area contributed by atoms with E-state index in [2.05, 4.69) is 22.7 Å². The Morgan fingerprint density at radius 2 is 2.29 bits per heavy atom. The molecule has 110 valence electrons. The number of benzene rings is 1. The number of nitro benzene ring substituents is 1. The summed E-state index contributed by atoms with van der Waals surface area (Å²) in [5.41, 5.74) is 3.28. The van der Waals surface area contributed by atoms with Gasteiger partial charge in [-0.25, -0.2) is 5.43 Å². The average molecular weight is 287 g/mol. The molecule has 6 heteroatoms. The standard InChI is InChI=1S/C15H17N3O3/c1-11-9-13(7-8-14(11)18(20)21)15(19)17-16-10-12-5-3-2-4-6-12/h2-3,7-10,12H,4-6H2,1H3,(H,17,19)/b16-10-/t12-/m1/s1. The highest BCUT2D eigenvalue weighted by molar-refractivity contribution is 5.94. The molecule has 1 aliphatic carbocycles. The third kappa shape index (κ3) is 3.98. The van der Waals surface area contributed by atoms with Gasteiger partial charge in [-0.2, -0.15) is 5.10 Å². The van der Waals surface area contributed by atoms with Crippen molar-refractivity contribution >= 4 is 17.8 Å². The number of hydrogen-bond donors (Lipinski definition) is 1. The number of nitro groups is 1. The van der Waals surface area contributed by atoms with Gasteiger partial charge < -0.3 is 0 Å². The van der Waals surface area contributed by atoms with Crippen LogP contribution in [0.15, 0.2) is 35.5 Å². The fourth-order valence-corrected chi connectivity index (χ4v) is 2.22. The monoisotopic (exact) mass is 287 g/mol. The van der Waals surface area contributed by atoms with Crippen molar-refractivity contribution in [2.45, 2.75) is 26.2 Å². The molecule has 1 aromatic carbocycles. The van der Waals surface area contributed by atoms with E-state index in [9.17, 15) is 14.9 Å². The van der Waals surface area contributed by atoms with Crippen LogP contribution in [-0.2, 0) is 0 Å². The van der Waals surface area contributed by atoms with E-state index in [1.165, 1.54) is 18.2 Å². The van der Waals surface area contributed by atoms with Crippen LogP contribution < -0.4 is 5.43 Å². The predicted molar refractivity (Wildman–Crippen MR) is 80.3 cm³/mol. The summed E-state index contributed by atoms with van der Waals surface area (Å²) in [5.74, 6) is -0.00973. The highest BCUT2D eigenvalue weighted by Crippen LogP contribution is 2.19. The number of amides is 1. The number of hydrazone groups is 1. The Kier molecular flexibility index (Phi) is 4.81. The third-order valence-electron chi connectivity index (χ3n) is 3.42. The van der Waals surface area contributed by atoms with Crippen molar-refractivity contribution in [3.05, 3.63) is 51.6 Å². The zero-order valence-corrected chi connectivity index (χ0v) is 11.8. The molecule has 0 aromatic heterocycles. The first kappa shape index (κ1) is 14.9. The average Bonchev–Trinajstić information content (AvgIpc) is 2.47. The zero-order valence-electron chi connectivity index (χ0n) is 11.8. The van der Waals surface area contributed by atoms with Gasteiger partial charge >= 0.3 is 0 Å². The van der Waals surface area contributed by atoms with E-state index in [1.54, 1.807) is 13.1 Å². The summed E-state index contributed by atoms with van der Waals surface area (Å²) in [6.07, 6.45) is 9.01. The lowest BCUT2D eigenvalue weighted by molar-refractivity contribution is -0.385. The van der Waals surface area contributed by atoms with E-state index in [0.717, 1.165) is 19.3 Å². The number of allylic oxidation sites excluding steroid dienone is 2. The first-order valence-corrected chi connectivity index (χ1v) is 6.81. The van der Waals surface area contributed by atoms with Crippen LogP contribution in [-0.4, -0.2) is 17.0 Å². The molecule has 0 saturated heterocycles. The van der Waals surface area contributed by atoms with Crippen LogP contribution in [0, 0.1) is 23.0 Å². The number of aryl methyl sites for hydroxylation is 1. The summed E-state index contributed by atoms with van der Waals surface area (Å²) in [6, 6.07) is 4.26. The van der Waals surface area contributed by atoms with Crippen molar-refractivity contribution in [1.29, 1.82) is 0 Å². The molecular weight excluding hydrogens is 270 g/mol. The molecule has 0 fully saturated rings. The van der Waals surface area contributed by atoms with Gasteiger partial charge in [0.1, 0.15) is 0 Å². The van der Waals surface area contributed by atoms with Gasteiger partial charge in [-0.1, -0.05) is 12.2 Å². The molecule has 1 aliphatic rings.